The molecule has 0 bridgehead atoms. The van der Waals surface area contributed by atoms with Crippen molar-refractivity contribution in [2.45, 2.75) is 38.5 Å². The Hall–Kier alpha value is -0.860. The lowest BCUT2D eigenvalue weighted by Gasteiger charge is -1.97. The summed E-state index contributed by atoms with van der Waals surface area (Å²) < 4.78 is 13.5. The van der Waals surface area contributed by atoms with Gasteiger partial charge in [0.05, 0.1) is 5.69 Å². The van der Waals surface area contributed by atoms with Crippen LogP contribution in [0.15, 0.2) is 0 Å². The first kappa shape index (κ1) is 7.77. The summed E-state index contributed by atoms with van der Waals surface area (Å²) in [4.78, 5) is 0. The van der Waals surface area contributed by atoms with Gasteiger partial charge in [-0.25, -0.2) is 4.39 Å². The molecule has 0 aliphatic heterocycles. The molecule has 0 spiro atoms. The lowest BCUT2D eigenvalue weighted by atomic mass is 10.1. The SMILES string of the molecule is CC(C)c1n[nH]c(C2CC2)c1F. The van der Waals surface area contributed by atoms with Crippen molar-refractivity contribution in [3.05, 3.63) is 17.2 Å². The Kier molecular flexibility index (Phi) is 1.67. The van der Waals surface area contributed by atoms with Crippen LogP contribution in [0.2, 0.25) is 0 Å². The number of hydrogen-bond donors (Lipinski definition) is 1. The molecule has 3 heteroatoms. The molecule has 2 nitrogen and oxygen atoms in total. The minimum absolute atomic E-state index is 0.104. The van der Waals surface area contributed by atoms with Gasteiger partial charge in [0.1, 0.15) is 5.69 Å². The molecule has 0 amide bonds. The summed E-state index contributed by atoms with van der Waals surface area (Å²) in [5, 5.41) is 6.77. The van der Waals surface area contributed by atoms with Crippen LogP contribution >= 0.6 is 0 Å². The Labute approximate surface area is 71.2 Å². The maximum absolute atomic E-state index is 13.5. The van der Waals surface area contributed by atoms with Gasteiger partial charge in [-0.2, -0.15) is 5.10 Å². The highest BCUT2D eigenvalue weighted by molar-refractivity contribution is 5.21. The van der Waals surface area contributed by atoms with Crippen molar-refractivity contribution < 1.29 is 4.39 Å². The molecular weight excluding hydrogens is 155 g/mol. The predicted molar refractivity (Wildman–Crippen MR) is 44.6 cm³/mol. The number of rotatable bonds is 2. The van der Waals surface area contributed by atoms with Gasteiger partial charge in [0.2, 0.25) is 0 Å². The van der Waals surface area contributed by atoms with Crippen LogP contribution in [0.5, 0.6) is 0 Å². The number of nitrogens with one attached hydrogen (secondary N) is 1. The lowest BCUT2D eigenvalue weighted by Crippen LogP contribution is -1.91. The second-order valence-electron chi connectivity index (χ2n) is 3.77. The monoisotopic (exact) mass is 168 g/mol. The average molecular weight is 168 g/mol. The topological polar surface area (TPSA) is 28.7 Å². The van der Waals surface area contributed by atoms with E-state index in [9.17, 15) is 4.39 Å². The highest BCUT2D eigenvalue weighted by atomic mass is 19.1. The van der Waals surface area contributed by atoms with E-state index in [1.165, 1.54) is 0 Å². The van der Waals surface area contributed by atoms with E-state index in [0.29, 0.717) is 11.6 Å². The van der Waals surface area contributed by atoms with Gasteiger partial charge >= 0.3 is 0 Å². The van der Waals surface area contributed by atoms with Crippen LogP contribution in [0.1, 0.15) is 49.9 Å². The van der Waals surface area contributed by atoms with Crippen LogP contribution in [0.25, 0.3) is 0 Å². The van der Waals surface area contributed by atoms with Crippen LogP contribution in [0.4, 0.5) is 4.39 Å². The van der Waals surface area contributed by atoms with Crippen LogP contribution in [-0.4, -0.2) is 10.2 Å². The zero-order valence-corrected chi connectivity index (χ0v) is 7.39. The highest BCUT2D eigenvalue weighted by Crippen LogP contribution is 2.41. The van der Waals surface area contributed by atoms with Gasteiger partial charge in [0, 0.05) is 11.8 Å². The molecule has 0 unspecified atom stereocenters. The van der Waals surface area contributed by atoms with Gasteiger partial charge < -0.3 is 0 Å². The van der Waals surface area contributed by atoms with Gasteiger partial charge in [0.25, 0.3) is 0 Å². The summed E-state index contributed by atoms with van der Waals surface area (Å²) in [6.45, 7) is 3.91. The maximum Gasteiger partial charge on any atom is 0.167 e. The number of hydrogen-bond acceptors (Lipinski definition) is 1. The lowest BCUT2D eigenvalue weighted by molar-refractivity contribution is 0.584. The van der Waals surface area contributed by atoms with E-state index in [4.69, 9.17) is 0 Å². The fourth-order valence-electron chi connectivity index (χ4n) is 1.38. The van der Waals surface area contributed by atoms with Crippen LogP contribution in [-0.2, 0) is 0 Å². The molecule has 1 aliphatic carbocycles. The molecule has 1 fully saturated rings. The molecule has 12 heavy (non-hydrogen) atoms. The molecule has 1 aromatic rings. The Morgan fingerprint density at radius 1 is 1.50 bits per heavy atom. The first-order chi connectivity index (χ1) is 5.70. The molecule has 0 radical (unpaired) electrons. The molecule has 0 saturated heterocycles. The van der Waals surface area contributed by atoms with Crippen LogP contribution in [0, 0.1) is 5.82 Å². The fourth-order valence-corrected chi connectivity index (χ4v) is 1.38. The molecule has 1 aromatic heterocycles. The Morgan fingerprint density at radius 2 is 2.17 bits per heavy atom. The molecule has 0 aromatic carbocycles. The summed E-state index contributed by atoms with van der Waals surface area (Å²) in [5.41, 5.74) is 1.30. The van der Waals surface area contributed by atoms with E-state index in [1.807, 2.05) is 13.8 Å². The van der Waals surface area contributed by atoms with E-state index < -0.39 is 0 Å². The molecule has 0 atom stereocenters. The van der Waals surface area contributed by atoms with E-state index in [0.717, 1.165) is 18.5 Å². The smallest absolute Gasteiger partial charge is 0.167 e. The van der Waals surface area contributed by atoms with Gasteiger partial charge in [-0.15, -0.1) is 0 Å². The van der Waals surface area contributed by atoms with Crippen molar-refractivity contribution in [2.75, 3.05) is 0 Å². The Bertz CT molecular complexity index is 267. The van der Waals surface area contributed by atoms with Crippen LogP contribution < -0.4 is 0 Å². The van der Waals surface area contributed by atoms with Gasteiger partial charge in [-0.05, 0) is 12.8 Å². The quantitative estimate of drug-likeness (QED) is 0.722. The third-order valence-electron chi connectivity index (χ3n) is 2.29. The summed E-state index contributed by atoms with van der Waals surface area (Å²) in [6, 6.07) is 0. The Morgan fingerprint density at radius 3 is 2.58 bits per heavy atom. The molecule has 66 valence electrons. The van der Waals surface area contributed by atoms with E-state index in [2.05, 4.69) is 10.2 Å². The zero-order chi connectivity index (χ0) is 8.72. The maximum atomic E-state index is 13.5. The summed E-state index contributed by atoms with van der Waals surface area (Å²) in [6.07, 6.45) is 2.22. The summed E-state index contributed by atoms with van der Waals surface area (Å²) in [7, 11) is 0. The molecule has 1 heterocycles. The standard InChI is InChI=1S/C9H13FN2/c1-5(2)8-7(10)9(12-11-8)6-3-4-6/h5-6H,3-4H2,1-2H3,(H,11,12). The van der Waals surface area contributed by atoms with Crippen LogP contribution in [0.3, 0.4) is 0 Å². The largest absolute Gasteiger partial charge is 0.279 e. The second-order valence-corrected chi connectivity index (χ2v) is 3.77. The normalized spacial score (nSPS) is 17.3. The molecular formula is C9H13FN2. The van der Waals surface area contributed by atoms with Gasteiger partial charge in [-0.1, -0.05) is 13.8 Å². The zero-order valence-electron chi connectivity index (χ0n) is 7.39. The second kappa shape index (κ2) is 2.57. The molecule has 1 aliphatic rings. The van der Waals surface area contributed by atoms with Crippen molar-refractivity contribution in [1.82, 2.24) is 10.2 Å². The number of halogens is 1. The number of nitrogens with zero attached hydrogens (tertiary/aromatic N) is 1. The summed E-state index contributed by atoms with van der Waals surface area (Å²) >= 11 is 0. The minimum atomic E-state index is -0.104. The van der Waals surface area contributed by atoms with E-state index >= 15 is 0 Å². The van der Waals surface area contributed by atoms with E-state index in [-0.39, 0.29) is 11.7 Å². The minimum Gasteiger partial charge on any atom is -0.279 e. The molecule has 1 saturated carbocycles. The van der Waals surface area contributed by atoms with E-state index in [1.54, 1.807) is 0 Å². The number of aromatic amines is 1. The molecule has 2 rings (SSSR count). The van der Waals surface area contributed by atoms with Gasteiger partial charge in [-0.3, -0.25) is 5.10 Å². The van der Waals surface area contributed by atoms with Crippen molar-refractivity contribution in [3.63, 3.8) is 0 Å². The van der Waals surface area contributed by atoms with Gasteiger partial charge in [0.15, 0.2) is 5.82 Å². The third kappa shape index (κ3) is 1.13. The van der Waals surface area contributed by atoms with Crippen molar-refractivity contribution in [3.8, 4) is 0 Å². The highest BCUT2D eigenvalue weighted by Gasteiger charge is 2.30. The predicted octanol–water partition coefficient (Wildman–Crippen LogP) is 2.55. The summed E-state index contributed by atoms with van der Waals surface area (Å²) in [5.74, 6) is 0.492. The third-order valence-corrected chi connectivity index (χ3v) is 2.29. The number of aromatic nitrogens is 2. The molecule has 1 N–H and O–H groups in total. The average Bonchev–Trinajstić information content (AvgIpc) is 2.75. The number of H-pyrrole nitrogens is 1. The van der Waals surface area contributed by atoms with Crippen molar-refractivity contribution in [2.24, 2.45) is 0 Å². The van der Waals surface area contributed by atoms with Crippen molar-refractivity contribution in [1.29, 1.82) is 0 Å². The first-order valence-electron chi connectivity index (χ1n) is 4.43. The Balaban J connectivity index is 2.33. The fraction of sp³-hybridized carbons (Fsp3) is 0.667. The first-order valence-corrected chi connectivity index (χ1v) is 4.43. The van der Waals surface area contributed by atoms with Crippen molar-refractivity contribution >= 4 is 0 Å².